The van der Waals surface area contributed by atoms with Gasteiger partial charge in [0, 0.05) is 36.5 Å². The predicted molar refractivity (Wildman–Crippen MR) is 112 cm³/mol. The van der Waals surface area contributed by atoms with Gasteiger partial charge in [-0.3, -0.25) is 4.79 Å². The van der Waals surface area contributed by atoms with Crippen molar-refractivity contribution in [3.8, 4) is 0 Å². The van der Waals surface area contributed by atoms with Gasteiger partial charge in [0.15, 0.2) is 0 Å². The number of halogens is 1. The molecule has 0 spiro atoms. The third-order valence-corrected chi connectivity index (χ3v) is 5.81. The highest BCUT2D eigenvalue weighted by Gasteiger charge is 2.27. The summed E-state index contributed by atoms with van der Waals surface area (Å²) in [7, 11) is 0. The molecule has 3 aromatic rings. The van der Waals surface area contributed by atoms with Crippen molar-refractivity contribution in [2.24, 2.45) is 5.73 Å². The lowest BCUT2D eigenvalue weighted by Crippen LogP contribution is -2.42. The highest BCUT2D eigenvalue weighted by Crippen LogP contribution is 2.27. The monoisotopic (exact) mass is 396 g/mol. The second kappa shape index (κ2) is 8.33. The summed E-state index contributed by atoms with van der Waals surface area (Å²) in [5.41, 5.74) is 9.26. The molecule has 1 aliphatic heterocycles. The summed E-state index contributed by atoms with van der Waals surface area (Å²) >= 11 is 6.21. The second-order valence-electron chi connectivity index (χ2n) is 7.58. The van der Waals surface area contributed by atoms with E-state index in [1.165, 1.54) is 0 Å². The molecule has 3 N–H and O–H groups in total. The number of H-pyrrole nitrogens is 1. The molecule has 1 unspecified atom stereocenters. The fourth-order valence-electron chi connectivity index (χ4n) is 3.96. The van der Waals surface area contributed by atoms with Crippen molar-refractivity contribution in [1.29, 1.82) is 0 Å². The summed E-state index contributed by atoms with van der Waals surface area (Å²) in [6.45, 7) is 1.48. The molecule has 2 atom stereocenters. The average molecular weight is 397 g/mol. The standard InChI is InChI=1S/C22H25ClN4O/c23-18-8-2-1-6-15(18)12-17(24)13-21(28)27-11-5-7-16(14-27)22-25-19-9-3-4-10-20(19)26-22/h1-4,6,8-10,16-17H,5,7,11-14,24H2,(H,25,26)/t16?,17-/m1/s1. The lowest BCUT2D eigenvalue weighted by molar-refractivity contribution is -0.132. The van der Waals surface area contributed by atoms with Gasteiger partial charge in [-0.25, -0.2) is 4.98 Å². The van der Waals surface area contributed by atoms with Crippen LogP contribution >= 0.6 is 11.6 Å². The number of hydrogen-bond acceptors (Lipinski definition) is 3. The number of nitrogens with one attached hydrogen (secondary N) is 1. The first-order valence-corrected chi connectivity index (χ1v) is 10.2. The fourth-order valence-corrected chi connectivity index (χ4v) is 4.18. The van der Waals surface area contributed by atoms with Crippen LogP contribution < -0.4 is 5.73 Å². The number of amides is 1. The highest BCUT2D eigenvalue weighted by molar-refractivity contribution is 6.31. The van der Waals surface area contributed by atoms with Gasteiger partial charge in [-0.15, -0.1) is 0 Å². The van der Waals surface area contributed by atoms with Crippen molar-refractivity contribution in [1.82, 2.24) is 14.9 Å². The molecule has 5 nitrogen and oxygen atoms in total. The number of nitrogens with two attached hydrogens (primary N) is 1. The minimum absolute atomic E-state index is 0.111. The quantitative estimate of drug-likeness (QED) is 0.687. The number of likely N-dealkylation sites (tertiary alicyclic amines) is 1. The minimum atomic E-state index is -0.237. The zero-order valence-corrected chi connectivity index (χ0v) is 16.5. The molecule has 6 heteroatoms. The molecule has 0 bridgehead atoms. The second-order valence-corrected chi connectivity index (χ2v) is 7.99. The van der Waals surface area contributed by atoms with E-state index in [0.29, 0.717) is 24.4 Å². The van der Waals surface area contributed by atoms with E-state index in [0.717, 1.165) is 41.8 Å². The van der Waals surface area contributed by atoms with Gasteiger partial charge in [0.2, 0.25) is 5.91 Å². The minimum Gasteiger partial charge on any atom is -0.342 e. The summed E-state index contributed by atoms with van der Waals surface area (Å²) in [6.07, 6.45) is 2.95. The molecule has 1 fully saturated rings. The molecule has 28 heavy (non-hydrogen) atoms. The van der Waals surface area contributed by atoms with E-state index in [-0.39, 0.29) is 17.9 Å². The Kier molecular flexibility index (Phi) is 5.64. The zero-order chi connectivity index (χ0) is 19.5. The third kappa shape index (κ3) is 4.21. The summed E-state index contributed by atoms with van der Waals surface area (Å²) in [5, 5.41) is 0.702. The number of para-hydroxylation sites is 2. The molecule has 1 aromatic heterocycles. The molecule has 0 aliphatic carbocycles. The Balaban J connectivity index is 1.38. The van der Waals surface area contributed by atoms with Gasteiger partial charge >= 0.3 is 0 Å². The van der Waals surface area contributed by atoms with Crippen LogP contribution in [0, 0.1) is 0 Å². The van der Waals surface area contributed by atoms with Gasteiger partial charge in [0.05, 0.1) is 11.0 Å². The SMILES string of the molecule is N[C@@H](CC(=O)N1CCCC(c2nc3ccccc3[nH]2)C1)Cc1ccccc1Cl. The van der Waals surface area contributed by atoms with E-state index in [4.69, 9.17) is 22.3 Å². The van der Waals surface area contributed by atoms with Crippen molar-refractivity contribution in [2.45, 2.75) is 37.6 Å². The molecule has 1 aliphatic rings. The number of hydrogen-bond donors (Lipinski definition) is 2. The number of fused-ring (bicyclic) bond motifs is 1. The number of aromatic amines is 1. The fraction of sp³-hybridized carbons (Fsp3) is 0.364. The van der Waals surface area contributed by atoms with Crippen LogP contribution in [0.1, 0.15) is 36.6 Å². The van der Waals surface area contributed by atoms with Gasteiger partial charge in [0.1, 0.15) is 5.82 Å². The van der Waals surface area contributed by atoms with Crippen molar-refractivity contribution in [2.75, 3.05) is 13.1 Å². The first-order valence-electron chi connectivity index (χ1n) is 9.81. The number of imidazole rings is 1. The van der Waals surface area contributed by atoms with E-state index in [9.17, 15) is 4.79 Å². The molecule has 0 radical (unpaired) electrons. The van der Waals surface area contributed by atoms with Crippen LogP contribution in [-0.2, 0) is 11.2 Å². The normalized spacial score (nSPS) is 18.4. The Labute approximate surface area is 169 Å². The number of benzene rings is 2. The van der Waals surface area contributed by atoms with Crippen LogP contribution in [0.3, 0.4) is 0 Å². The maximum atomic E-state index is 12.8. The topological polar surface area (TPSA) is 75.0 Å². The maximum Gasteiger partial charge on any atom is 0.224 e. The Hall–Kier alpha value is -2.37. The first kappa shape index (κ1) is 19.0. The van der Waals surface area contributed by atoms with E-state index >= 15 is 0 Å². The van der Waals surface area contributed by atoms with Crippen LogP contribution in [0.4, 0.5) is 0 Å². The van der Waals surface area contributed by atoms with Crippen LogP contribution in [-0.4, -0.2) is 39.9 Å². The Morgan fingerprint density at radius 2 is 2.04 bits per heavy atom. The zero-order valence-electron chi connectivity index (χ0n) is 15.8. The van der Waals surface area contributed by atoms with Crippen molar-refractivity contribution < 1.29 is 4.79 Å². The molecule has 2 aromatic carbocycles. The number of nitrogens with zero attached hydrogens (tertiary/aromatic N) is 2. The Morgan fingerprint density at radius 1 is 1.25 bits per heavy atom. The van der Waals surface area contributed by atoms with Crippen LogP contribution in [0.25, 0.3) is 11.0 Å². The smallest absolute Gasteiger partial charge is 0.224 e. The van der Waals surface area contributed by atoms with E-state index in [1.807, 2.05) is 53.4 Å². The lowest BCUT2D eigenvalue weighted by Gasteiger charge is -2.32. The molecule has 146 valence electrons. The van der Waals surface area contributed by atoms with Crippen molar-refractivity contribution in [3.05, 3.63) is 64.9 Å². The Morgan fingerprint density at radius 3 is 2.86 bits per heavy atom. The Bertz CT molecular complexity index is 937. The highest BCUT2D eigenvalue weighted by atomic mass is 35.5. The molecule has 1 amide bonds. The van der Waals surface area contributed by atoms with E-state index in [2.05, 4.69) is 4.98 Å². The van der Waals surface area contributed by atoms with Gasteiger partial charge < -0.3 is 15.6 Å². The first-order chi connectivity index (χ1) is 13.6. The number of carbonyl (C=O) groups is 1. The number of rotatable bonds is 5. The molecular formula is C22H25ClN4O. The van der Waals surface area contributed by atoms with Gasteiger partial charge in [0.25, 0.3) is 0 Å². The van der Waals surface area contributed by atoms with E-state index in [1.54, 1.807) is 0 Å². The van der Waals surface area contributed by atoms with Crippen LogP contribution in [0.5, 0.6) is 0 Å². The number of piperidine rings is 1. The number of aromatic nitrogens is 2. The predicted octanol–water partition coefficient (Wildman–Crippen LogP) is 3.88. The van der Waals surface area contributed by atoms with Crippen LogP contribution in [0.2, 0.25) is 5.02 Å². The molecule has 0 saturated carbocycles. The van der Waals surface area contributed by atoms with E-state index < -0.39 is 0 Å². The molecule has 4 rings (SSSR count). The summed E-state index contributed by atoms with van der Waals surface area (Å²) in [4.78, 5) is 22.9. The van der Waals surface area contributed by atoms with Gasteiger partial charge in [-0.1, -0.05) is 41.9 Å². The summed E-state index contributed by atoms with van der Waals surface area (Å²) in [5.74, 6) is 1.32. The largest absolute Gasteiger partial charge is 0.342 e. The lowest BCUT2D eigenvalue weighted by atomic mass is 9.96. The molecular weight excluding hydrogens is 372 g/mol. The summed E-state index contributed by atoms with van der Waals surface area (Å²) in [6, 6.07) is 15.5. The van der Waals surface area contributed by atoms with Crippen molar-refractivity contribution in [3.63, 3.8) is 0 Å². The third-order valence-electron chi connectivity index (χ3n) is 5.45. The van der Waals surface area contributed by atoms with Gasteiger partial charge in [-0.2, -0.15) is 0 Å². The maximum absolute atomic E-state index is 12.8. The number of carbonyl (C=O) groups excluding carboxylic acids is 1. The van der Waals surface area contributed by atoms with Gasteiger partial charge in [-0.05, 0) is 43.0 Å². The van der Waals surface area contributed by atoms with Crippen molar-refractivity contribution >= 4 is 28.5 Å². The molecule has 2 heterocycles. The summed E-state index contributed by atoms with van der Waals surface area (Å²) < 4.78 is 0. The molecule has 1 saturated heterocycles. The van der Waals surface area contributed by atoms with Crippen LogP contribution in [0.15, 0.2) is 48.5 Å². The average Bonchev–Trinajstić information content (AvgIpc) is 3.14.